The van der Waals surface area contributed by atoms with Crippen LogP contribution < -0.4 is 26.4 Å². The summed E-state index contributed by atoms with van der Waals surface area (Å²) in [4.78, 5) is 23.9. The Balaban J connectivity index is 1.65. The number of para-hydroxylation sites is 1. The van der Waals surface area contributed by atoms with E-state index < -0.39 is 11.9 Å². The molecule has 0 unspecified atom stereocenters. The zero-order chi connectivity index (χ0) is 20.1. The summed E-state index contributed by atoms with van der Waals surface area (Å²) in [7, 11) is 0. The van der Waals surface area contributed by atoms with Gasteiger partial charge >= 0.3 is 6.03 Å². The Morgan fingerprint density at radius 2 is 1.82 bits per heavy atom. The molecule has 7 heteroatoms. The maximum Gasteiger partial charge on any atom is 0.323 e. The van der Waals surface area contributed by atoms with E-state index in [9.17, 15) is 9.59 Å². The maximum absolute atomic E-state index is 12.4. The summed E-state index contributed by atoms with van der Waals surface area (Å²) in [6, 6.07) is 16.7. The molecule has 3 rings (SSSR count). The van der Waals surface area contributed by atoms with Crippen LogP contribution in [0.15, 0.2) is 78.3 Å². The molecular weight excluding hydrogens is 356 g/mol. The van der Waals surface area contributed by atoms with Gasteiger partial charge in [-0.3, -0.25) is 4.79 Å². The summed E-state index contributed by atoms with van der Waals surface area (Å²) in [5, 5.41) is 7.57. The molecule has 144 valence electrons. The predicted molar refractivity (Wildman–Crippen MR) is 107 cm³/mol. The van der Waals surface area contributed by atoms with Gasteiger partial charge in [0.25, 0.3) is 5.91 Å². The highest BCUT2D eigenvalue weighted by Crippen LogP contribution is 2.29. The molecule has 1 atom stereocenters. The first-order chi connectivity index (χ1) is 13.5. The molecule has 0 fully saturated rings. The first-order valence-electron chi connectivity index (χ1n) is 8.81. The van der Waals surface area contributed by atoms with Crippen LogP contribution in [-0.2, 0) is 4.79 Å². The molecule has 0 bridgehead atoms. The molecule has 1 heterocycles. The van der Waals surface area contributed by atoms with Crippen molar-refractivity contribution in [1.82, 2.24) is 16.0 Å². The van der Waals surface area contributed by atoms with Crippen molar-refractivity contribution < 1.29 is 14.3 Å². The average molecular weight is 378 g/mol. The van der Waals surface area contributed by atoms with Crippen LogP contribution in [0.3, 0.4) is 0 Å². The van der Waals surface area contributed by atoms with E-state index in [-0.39, 0.29) is 29.7 Å². The van der Waals surface area contributed by atoms with Gasteiger partial charge in [-0.05, 0) is 18.6 Å². The number of nitrogens with one attached hydrogen (secondary N) is 3. The van der Waals surface area contributed by atoms with Gasteiger partial charge in [0, 0.05) is 5.56 Å². The second-order valence-electron chi connectivity index (χ2n) is 6.39. The van der Waals surface area contributed by atoms with Gasteiger partial charge in [0.2, 0.25) is 0 Å². The van der Waals surface area contributed by atoms with Crippen LogP contribution in [0.2, 0.25) is 0 Å². The van der Waals surface area contributed by atoms with Crippen molar-refractivity contribution in [2.75, 3.05) is 6.61 Å². The Kier molecular flexibility index (Phi) is 5.64. The van der Waals surface area contributed by atoms with Gasteiger partial charge in [-0.1, -0.05) is 55.1 Å². The highest BCUT2D eigenvalue weighted by atomic mass is 16.5. The molecule has 1 aliphatic heterocycles. The molecule has 0 spiro atoms. The van der Waals surface area contributed by atoms with Crippen molar-refractivity contribution in [3.8, 4) is 16.9 Å². The fourth-order valence-corrected chi connectivity index (χ4v) is 2.75. The van der Waals surface area contributed by atoms with Crippen molar-refractivity contribution >= 4 is 11.9 Å². The molecule has 28 heavy (non-hydrogen) atoms. The lowest BCUT2D eigenvalue weighted by molar-refractivity contribution is -0.118. The minimum atomic E-state index is -0.551. The van der Waals surface area contributed by atoms with Gasteiger partial charge in [-0.15, -0.1) is 0 Å². The SMILES string of the molecule is C=C1NC(=O)NC(C(=O)N[C@H](C)COc2ccccc2-c2ccccc2)=C1N. The van der Waals surface area contributed by atoms with Crippen LogP contribution in [0.4, 0.5) is 4.79 Å². The summed E-state index contributed by atoms with van der Waals surface area (Å²) >= 11 is 0. The molecule has 0 radical (unpaired) electrons. The Morgan fingerprint density at radius 3 is 2.57 bits per heavy atom. The van der Waals surface area contributed by atoms with Gasteiger partial charge in [0.05, 0.1) is 17.4 Å². The van der Waals surface area contributed by atoms with E-state index in [4.69, 9.17) is 10.5 Å². The van der Waals surface area contributed by atoms with E-state index in [0.29, 0.717) is 0 Å². The van der Waals surface area contributed by atoms with E-state index in [1.54, 1.807) is 6.92 Å². The Hall–Kier alpha value is -3.74. The van der Waals surface area contributed by atoms with Crippen molar-refractivity contribution in [1.29, 1.82) is 0 Å². The zero-order valence-electron chi connectivity index (χ0n) is 15.5. The van der Waals surface area contributed by atoms with E-state index in [0.717, 1.165) is 16.9 Å². The number of amides is 3. The molecule has 0 aliphatic carbocycles. The normalized spacial score (nSPS) is 14.8. The highest BCUT2D eigenvalue weighted by molar-refractivity contribution is 6.00. The quantitative estimate of drug-likeness (QED) is 0.618. The third kappa shape index (κ3) is 4.32. The third-order valence-electron chi connectivity index (χ3n) is 4.16. The molecule has 0 aromatic heterocycles. The Labute approximate surface area is 163 Å². The first kappa shape index (κ1) is 19.0. The zero-order valence-corrected chi connectivity index (χ0v) is 15.5. The lowest BCUT2D eigenvalue weighted by Crippen LogP contribution is -2.49. The summed E-state index contributed by atoms with van der Waals surface area (Å²) in [6.45, 7) is 5.66. The largest absolute Gasteiger partial charge is 0.491 e. The number of benzene rings is 2. The summed E-state index contributed by atoms with van der Waals surface area (Å²) < 4.78 is 5.93. The minimum Gasteiger partial charge on any atom is -0.491 e. The number of carbonyl (C=O) groups is 2. The molecular formula is C21H22N4O3. The summed E-state index contributed by atoms with van der Waals surface area (Å²) in [5.41, 5.74) is 8.10. The molecule has 3 amide bonds. The van der Waals surface area contributed by atoms with Crippen LogP contribution in [0.1, 0.15) is 6.92 Å². The summed E-state index contributed by atoms with van der Waals surface area (Å²) in [6.07, 6.45) is 0. The lowest BCUT2D eigenvalue weighted by atomic mass is 10.1. The second kappa shape index (κ2) is 8.30. The number of ether oxygens (including phenoxy) is 1. The predicted octanol–water partition coefficient (Wildman–Crippen LogP) is 2.23. The van der Waals surface area contributed by atoms with Gasteiger partial charge < -0.3 is 26.4 Å². The van der Waals surface area contributed by atoms with Crippen molar-refractivity contribution in [3.63, 3.8) is 0 Å². The van der Waals surface area contributed by atoms with Gasteiger partial charge in [-0.25, -0.2) is 4.79 Å². The van der Waals surface area contributed by atoms with Crippen molar-refractivity contribution in [3.05, 3.63) is 78.3 Å². The molecule has 2 aromatic carbocycles. The van der Waals surface area contributed by atoms with Crippen LogP contribution in [0.5, 0.6) is 5.75 Å². The standard InChI is InChI=1S/C21H22N4O3/c1-13(23-20(26)19-18(22)14(2)24-21(27)25-19)12-28-17-11-7-6-10-16(17)15-8-4-3-5-9-15/h3-11,13H,2,12,22H2,1H3,(H,23,26)(H2,24,25,27)/t13-/m1/s1. The highest BCUT2D eigenvalue weighted by Gasteiger charge is 2.24. The molecule has 1 aliphatic rings. The number of urea groups is 1. The maximum atomic E-state index is 12.4. The van der Waals surface area contributed by atoms with Crippen molar-refractivity contribution in [2.45, 2.75) is 13.0 Å². The van der Waals surface area contributed by atoms with Crippen LogP contribution in [0, 0.1) is 0 Å². The van der Waals surface area contributed by atoms with E-state index in [2.05, 4.69) is 22.5 Å². The first-order valence-corrected chi connectivity index (χ1v) is 8.81. The fourth-order valence-electron chi connectivity index (χ4n) is 2.75. The number of nitrogens with two attached hydrogens (primary N) is 1. The molecule has 5 N–H and O–H groups in total. The third-order valence-corrected chi connectivity index (χ3v) is 4.16. The average Bonchev–Trinajstić information content (AvgIpc) is 2.70. The van der Waals surface area contributed by atoms with Gasteiger partial charge in [-0.2, -0.15) is 0 Å². The number of hydrogen-bond acceptors (Lipinski definition) is 4. The molecule has 0 saturated carbocycles. The topological polar surface area (TPSA) is 105 Å². The van der Waals surface area contributed by atoms with E-state index in [1.165, 1.54) is 0 Å². The van der Waals surface area contributed by atoms with E-state index in [1.807, 2.05) is 54.6 Å². The smallest absolute Gasteiger partial charge is 0.323 e. The van der Waals surface area contributed by atoms with Crippen LogP contribution >= 0.6 is 0 Å². The number of carbonyl (C=O) groups excluding carboxylic acids is 2. The Bertz CT molecular complexity index is 938. The number of hydrogen-bond donors (Lipinski definition) is 4. The lowest BCUT2D eigenvalue weighted by Gasteiger charge is -2.22. The minimum absolute atomic E-state index is 0.0229. The van der Waals surface area contributed by atoms with Crippen molar-refractivity contribution in [2.24, 2.45) is 5.73 Å². The van der Waals surface area contributed by atoms with Crippen LogP contribution in [0.25, 0.3) is 11.1 Å². The monoisotopic (exact) mass is 378 g/mol. The molecule has 2 aromatic rings. The summed E-state index contributed by atoms with van der Waals surface area (Å²) in [5.74, 6) is 0.220. The second-order valence-corrected chi connectivity index (χ2v) is 6.39. The molecule has 0 saturated heterocycles. The number of rotatable bonds is 6. The molecule has 7 nitrogen and oxygen atoms in total. The van der Waals surface area contributed by atoms with E-state index >= 15 is 0 Å². The Morgan fingerprint density at radius 1 is 1.14 bits per heavy atom. The van der Waals surface area contributed by atoms with Gasteiger partial charge in [0.15, 0.2) is 0 Å². The van der Waals surface area contributed by atoms with Crippen LogP contribution in [-0.4, -0.2) is 24.6 Å². The fraction of sp³-hybridized carbons (Fsp3) is 0.143. The van der Waals surface area contributed by atoms with Gasteiger partial charge in [0.1, 0.15) is 18.1 Å².